The van der Waals surface area contributed by atoms with Gasteiger partial charge in [-0.3, -0.25) is 4.79 Å². The van der Waals surface area contributed by atoms with Gasteiger partial charge in [0.15, 0.2) is 0 Å². The lowest BCUT2D eigenvalue weighted by Crippen LogP contribution is -2.48. The fourth-order valence-corrected chi connectivity index (χ4v) is 3.63. The normalized spacial score (nSPS) is 25.0. The maximum absolute atomic E-state index is 12.3. The quantitative estimate of drug-likeness (QED) is 0.816. The largest absolute Gasteiger partial charge is 0.465 e. The minimum atomic E-state index is -0.803. The lowest BCUT2D eigenvalue weighted by molar-refractivity contribution is -0.128. The van der Waals surface area contributed by atoms with Crippen molar-refractivity contribution in [2.45, 2.75) is 64.5 Å². The number of nitrogens with zero attached hydrogens (tertiary/aromatic N) is 2. The van der Waals surface area contributed by atoms with Gasteiger partial charge in [0.25, 0.3) is 0 Å². The summed E-state index contributed by atoms with van der Waals surface area (Å²) in [6, 6.07) is 0.464. The van der Waals surface area contributed by atoms with Crippen molar-refractivity contribution in [3.63, 3.8) is 0 Å². The number of carbonyl (C=O) groups is 2. The third kappa shape index (κ3) is 5.37. The van der Waals surface area contributed by atoms with E-state index in [1.54, 1.807) is 0 Å². The number of hydrogen-bond donors (Lipinski definition) is 2. The fraction of sp³-hybridized carbons (Fsp3) is 0.882. The molecule has 0 aromatic carbocycles. The van der Waals surface area contributed by atoms with Crippen molar-refractivity contribution in [2.75, 3.05) is 26.2 Å². The van der Waals surface area contributed by atoms with E-state index in [1.807, 2.05) is 20.8 Å². The van der Waals surface area contributed by atoms with Crippen LogP contribution in [0.2, 0.25) is 0 Å². The second-order valence-electron chi connectivity index (χ2n) is 7.90. The van der Waals surface area contributed by atoms with Gasteiger partial charge < -0.3 is 20.2 Å². The monoisotopic (exact) mass is 325 g/mol. The molecule has 0 unspecified atom stereocenters. The Kier molecular flexibility index (Phi) is 5.89. The van der Waals surface area contributed by atoms with E-state index in [1.165, 1.54) is 4.90 Å². The van der Waals surface area contributed by atoms with Crippen molar-refractivity contribution in [1.29, 1.82) is 0 Å². The predicted molar refractivity (Wildman–Crippen MR) is 89.4 cm³/mol. The summed E-state index contributed by atoms with van der Waals surface area (Å²) in [5.41, 5.74) is -0.171. The lowest BCUT2D eigenvalue weighted by Gasteiger charge is -2.37. The smallest absolute Gasteiger partial charge is 0.407 e. The first kappa shape index (κ1) is 18.0. The van der Waals surface area contributed by atoms with Gasteiger partial charge in [0.05, 0.1) is 0 Å². The molecule has 2 saturated heterocycles. The minimum Gasteiger partial charge on any atom is -0.465 e. The first-order valence-electron chi connectivity index (χ1n) is 8.80. The molecule has 0 bridgehead atoms. The average Bonchev–Trinajstić information content (AvgIpc) is 2.71. The van der Waals surface area contributed by atoms with Crippen LogP contribution in [0.3, 0.4) is 0 Å². The number of hydrogen-bond acceptors (Lipinski definition) is 3. The Balaban J connectivity index is 1.80. The summed E-state index contributed by atoms with van der Waals surface area (Å²) < 4.78 is 0. The molecule has 1 atom stereocenters. The van der Waals surface area contributed by atoms with Gasteiger partial charge in [0, 0.05) is 30.6 Å². The van der Waals surface area contributed by atoms with Crippen LogP contribution in [-0.4, -0.2) is 64.7 Å². The van der Waals surface area contributed by atoms with Crippen LogP contribution in [0.5, 0.6) is 0 Å². The summed E-state index contributed by atoms with van der Waals surface area (Å²) >= 11 is 0. The fourth-order valence-electron chi connectivity index (χ4n) is 3.63. The number of piperidine rings is 1. The molecule has 132 valence electrons. The molecule has 0 spiro atoms. The first-order valence-corrected chi connectivity index (χ1v) is 8.80. The van der Waals surface area contributed by atoms with Gasteiger partial charge in [-0.2, -0.15) is 0 Å². The van der Waals surface area contributed by atoms with Gasteiger partial charge in [-0.25, -0.2) is 4.79 Å². The Labute approximate surface area is 139 Å². The number of carbonyl (C=O) groups excluding carboxylic acids is 1. The molecule has 2 aliphatic rings. The minimum absolute atomic E-state index is 0.117. The van der Waals surface area contributed by atoms with E-state index in [0.717, 1.165) is 45.2 Å². The van der Waals surface area contributed by atoms with E-state index in [9.17, 15) is 9.59 Å². The van der Waals surface area contributed by atoms with E-state index in [2.05, 4.69) is 10.2 Å². The summed E-state index contributed by atoms with van der Waals surface area (Å²) in [4.78, 5) is 27.4. The van der Waals surface area contributed by atoms with Gasteiger partial charge in [0.1, 0.15) is 0 Å². The first-order chi connectivity index (χ1) is 10.8. The Morgan fingerprint density at radius 3 is 2.22 bits per heavy atom. The summed E-state index contributed by atoms with van der Waals surface area (Å²) in [6.07, 6.45) is 3.90. The summed E-state index contributed by atoms with van der Waals surface area (Å²) in [5.74, 6) is 0.293. The van der Waals surface area contributed by atoms with Crippen LogP contribution in [-0.2, 0) is 4.79 Å². The van der Waals surface area contributed by atoms with Gasteiger partial charge in [-0.05, 0) is 66.0 Å². The molecule has 0 aliphatic carbocycles. The zero-order valence-corrected chi connectivity index (χ0v) is 14.7. The van der Waals surface area contributed by atoms with Crippen LogP contribution in [0.25, 0.3) is 0 Å². The van der Waals surface area contributed by atoms with Gasteiger partial charge in [-0.1, -0.05) is 0 Å². The number of nitrogens with one attached hydrogen (secondary N) is 1. The van der Waals surface area contributed by atoms with Crippen molar-refractivity contribution in [1.82, 2.24) is 15.1 Å². The lowest BCUT2D eigenvalue weighted by atomic mass is 9.92. The zero-order valence-electron chi connectivity index (χ0n) is 14.7. The molecule has 0 saturated carbocycles. The highest BCUT2D eigenvalue weighted by Gasteiger charge is 2.31. The van der Waals surface area contributed by atoms with E-state index in [0.29, 0.717) is 19.1 Å². The molecule has 0 aromatic rings. The van der Waals surface area contributed by atoms with E-state index < -0.39 is 6.09 Å². The second-order valence-corrected chi connectivity index (χ2v) is 7.90. The number of carboxylic acid groups (broad SMARTS) is 1. The van der Waals surface area contributed by atoms with Crippen molar-refractivity contribution >= 4 is 12.0 Å². The predicted octanol–water partition coefficient (Wildman–Crippen LogP) is 2.15. The number of rotatable bonds is 2. The Bertz CT molecular complexity index is 425. The molecule has 2 N–H and O–H groups in total. The molecule has 2 aliphatic heterocycles. The third-order valence-electron chi connectivity index (χ3n) is 4.88. The highest BCUT2D eigenvalue weighted by molar-refractivity contribution is 5.79. The zero-order chi connectivity index (χ0) is 17.0. The molecule has 0 radical (unpaired) electrons. The van der Waals surface area contributed by atoms with E-state index >= 15 is 0 Å². The van der Waals surface area contributed by atoms with Crippen LogP contribution in [0.4, 0.5) is 4.79 Å². The van der Waals surface area contributed by atoms with Gasteiger partial charge in [0.2, 0.25) is 5.91 Å². The van der Waals surface area contributed by atoms with Crippen LogP contribution < -0.4 is 5.32 Å². The molecule has 6 nitrogen and oxygen atoms in total. The maximum atomic E-state index is 12.3. The number of likely N-dealkylation sites (tertiary alicyclic amines) is 2. The molecule has 0 aromatic heterocycles. The Morgan fingerprint density at radius 2 is 1.65 bits per heavy atom. The van der Waals surface area contributed by atoms with Crippen LogP contribution in [0.1, 0.15) is 52.9 Å². The van der Waals surface area contributed by atoms with Crippen LogP contribution in [0.15, 0.2) is 0 Å². The van der Waals surface area contributed by atoms with Gasteiger partial charge >= 0.3 is 6.09 Å². The molecule has 23 heavy (non-hydrogen) atoms. The molecular weight excluding hydrogens is 294 g/mol. The molecular formula is C17H31N3O3. The molecule has 2 fully saturated rings. The Morgan fingerprint density at radius 1 is 1.00 bits per heavy atom. The molecule has 2 heterocycles. The van der Waals surface area contributed by atoms with Gasteiger partial charge in [-0.15, -0.1) is 0 Å². The number of amides is 2. The highest BCUT2D eigenvalue weighted by atomic mass is 16.4. The topological polar surface area (TPSA) is 72.9 Å². The average molecular weight is 325 g/mol. The standard InChI is InChI=1S/C17H31N3O3/c1-17(2,3)18-15(21)13-6-10-19(11-7-13)14-5-4-9-20(12-8-14)16(22)23/h13-14H,4-12H2,1-3H3,(H,18,21)(H,22,23)/t14-/m0/s1. The summed E-state index contributed by atoms with van der Waals surface area (Å²) in [5, 5.41) is 12.2. The molecule has 2 amide bonds. The SMILES string of the molecule is CC(C)(C)NC(=O)C1CCN([C@H]2CCCN(C(=O)O)CC2)CC1. The van der Waals surface area contributed by atoms with Crippen LogP contribution >= 0.6 is 0 Å². The van der Waals surface area contributed by atoms with E-state index in [-0.39, 0.29) is 17.4 Å². The third-order valence-corrected chi connectivity index (χ3v) is 4.88. The van der Waals surface area contributed by atoms with Crippen molar-refractivity contribution in [3.8, 4) is 0 Å². The second kappa shape index (κ2) is 7.51. The summed E-state index contributed by atoms with van der Waals surface area (Å²) in [7, 11) is 0. The Hall–Kier alpha value is -1.30. The molecule has 6 heteroatoms. The van der Waals surface area contributed by atoms with E-state index in [4.69, 9.17) is 5.11 Å². The van der Waals surface area contributed by atoms with Crippen molar-refractivity contribution in [2.24, 2.45) is 5.92 Å². The molecule has 2 rings (SSSR count). The van der Waals surface area contributed by atoms with Crippen molar-refractivity contribution < 1.29 is 14.7 Å². The summed E-state index contributed by atoms with van der Waals surface area (Å²) in [6.45, 7) is 9.21. The highest BCUT2D eigenvalue weighted by Crippen LogP contribution is 2.24. The maximum Gasteiger partial charge on any atom is 0.407 e. The van der Waals surface area contributed by atoms with Crippen molar-refractivity contribution in [3.05, 3.63) is 0 Å². The van der Waals surface area contributed by atoms with Crippen LogP contribution in [0, 0.1) is 5.92 Å².